The summed E-state index contributed by atoms with van der Waals surface area (Å²) < 4.78 is 6.43. The molecule has 0 saturated heterocycles. The van der Waals surface area contributed by atoms with Crippen LogP contribution in [0.4, 0.5) is 17.1 Å². The first kappa shape index (κ1) is 29.8. The number of para-hydroxylation sites is 4. The van der Waals surface area contributed by atoms with Crippen molar-refractivity contribution in [3.8, 4) is 0 Å². The van der Waals surface area contributed by atoms with Gasteiger partial charge in [-0.25, -0.2) is 9.98 Å². The zero-order chi connectivity index (χ0) is 31.8. The molecule has 0 unspecified atom stereocenters. The van der Waals surface area contributed by atoms with Crippen LogP contribution in [0.2, 0.25) is 0 Å². The lowest BCUT2D eigenvalue weighted by Crippen LogP contribution is -2.29. The zero-order valence-corrected chi connectivity index (χ0v) is 26.9. The maximum atomic E-state index is 14.6. The summed E-state index contributed by atoms with van der Waals surface area (Å²) in [6.07, 6.45) is 0. The van der Waals surface area contributed by atoms with Gasteiger partial charge in [0.1, 0.15) is 17.1 Å². The molecule has 2 heterocycles. The summed E-state index contributed by atoms with van der Waals surface area (Å²) in [5.41, 5.74) is 11.8. The highest BCUT2D eigenvalue weighted by atomic mass is 16.5. The lowest BCUT2D eigenvalue weighted by molar-refractivity contribution is 0.101. The van der Waals surface area contributed by atoms with Crippen LogP contribution in [0.15, 0.2) is 95.6 Å². The van der Waals surface area contributed by atoms with E-state index in [4.69, 9.17) is 14.7 Å². The van der Waals surface area contributed by atoms with Gasteiger partial charge in [-0.3, -0.25) is 9.69 Å². The topological polar surface area (TPSA) is 66.8 Å². The number of nitrogens with one attached hydrogen (secondary N) is 1. The van der Waals surface area contributed by atoms with Crippen LogP contribution >= 0.6 is 0 Å². The number of aryl methyl sites for hydroxylation is 6. The van der Waals surface area contributed by atoms with Gasteiger partial charge in [0.15, 0.2) is 0 Å². The molecule has 226 valence electrons. The second-order valence-electron chi connectivity index (χ2n) is 11.7. The number of nitrogens with zero attached hydrogens (tertiary/aromatic N) is 3. The Balaban J connectivity index is 1.77. The van der Waals surface area contributed by atoms with Gasteiger partial charge in [-0.15, -0.1) is 0 Å². The molecule has 0 spiro atoms. The molecule has 0 atom stereocenters. The molecule has 1 aromatic heterocycles. The number of aromatic nitrogens is 1. The average Bonchev–Trinajstić information content (AvgIpc) is 3.28. The van der Waals surface area contributed by atoms with Crippen LogP contribution in [-0.2, 0) is 4.74 Å². The van der Waals surface area contributed by atoms with Crippen LogP contribution < -0.4 is 10.2 Å². The highest BCUT2D eigenvalue weighted by molar-refractivity contribution is 6.26. The second-order valence-corrected chi connectivity index (χ2v) is 11.7. The minimum Gasteiger partial charge on any atom is -0.476 e. The van der Waals surface area contributed by atoms with Crippen LogP contribution in [0.25, 0.3) is 16.6 Å². The summed E-state index contributed by atoms with van der Waals surface area (Å²) in [7, 11) is 0. The number of carbonyl (C=O) groups is 1. The van der Waals surface area contributed by atoms with Crippen molar-refractivity contribution in [3.63, 3.8) is 0 Å². The minimum absolute atomic E-state index is 0.139. The maximum absolute atomic E-state index is 14.6. The second kappa shape index (κ2) is 12.0. The quantitative estimate of drug-likeness (QED) is 0.157. The normalized spacial score (nSPS) is 14.2. The lowest BCUT2D eigenvalue weighted by atomic mass is 10.1. The van der Waals surface area contributed by atoms with Crippen LogP contribution in [0.5, 0.6) is 0 Å². The van der Waals surface area contributed by atoms with Crippen molar-refractivity contribution in [1.82, 2.24) is 4.98 Å². The molecule has 0 aliphatic carbocycles. The summed E-state index contributed by atoms with van der Waals surface area (Å²) in [6, 6.07) is 28.3. The number of fused-ring (bicyclic) bond motifs is 2. The smallest absolute Gasteiger partial charge is 0.265 e. The van der Waals surface area contributed by atoms with Crippen molar-refractivity contribution < 1.29 is 9.53 Å². The summed E-state index contributed by atoms with van der Waals surface area (Å²) in [4.78, 5) is 26.8. The summed E-state index contributed by atoms with van der Waals surface area (Å²) >= 11 is 0. The molecule has 5 aromatic rings. The van der Waals surface area contributed by atoms with E-state index in [1.54, 1.807) is 4.90 Å². The Bertz CT molecular complexity index is 1980. The van der Waals surface area contributed by atoms with Crippen molar-refractivity contribution >= 4 is 45.5 Å². The van der Waals surface area contributed by atoms with Crippen molar-refractivity contribution in [3.05, 3.63) is 135 Å². The third-order valence-electron chi connectivity index (χ3n) is 8.38. The SMILES string of the molecule is CCOC(=Nc1c(C)cccc1C)/C(Nc1c(C)cccc1C)=C1\c2nc3ccccc3cc2C(=O)N1c1c(C)cccc1C. The molecule has 0 fully saturated rings. The van der Waals surface area contributed by atoms with E-state index in [1.807, 2.05) is 107 Å². The van der Waals surface area contributed by atoms with Gasteiger partial charge in [-0.2, -0.15) is 0 Å². The molecule has 45 heavy (non-hydrogen) atoms. The van der Waals surface area contributed by atoms with Gasteiger partial charge in [0.05, 0.1) is 29.1 Å². The largest absolute Gasteiger partial charge is 0.476 e. The molecular weight excluding hydrogens is 556 g/mol. The molecule has 0 bridgehead atoms. The molecule has 6 rings (SSSR count). The maximum Gasteiger partial charge on any atom is 0.265 e. The fourth-order valence-electron chi connectivity index (χ4n) is 6.12. The Labute approximate surface area is 265 Å². The Hall–Kier alpha value is -5.23. The van der Waals surface area contributed by atoms with Crippen LogP contribution in [0.1, 0.15) is 56.4 Å². The monoisotopic (exact) mass is 594 g/mol. The first-order valence-corrected chi connectivity index (χ1v) is 15.4. The number of hydrogen-bond donors (Lipinski definition) is 1. The first-order valence-electron chi connectivity index (χ1n) is 15.4. The number of rotatable bonds is 6. The molecule has 1 aliphatic heterocycles. The average molecular weight is 595 g/mol. The van der Waals surface area contributed by atoms with Crippen molar-refractivity contribution in [2.24, 2.45) is 4.99 Å². The molecule has 0 radical (unpaired) electrons. The fourth-order valence-corrected chi connectivity index (χ4v) is 6.12. The Morgan fingerprint density at radius 3 is 1.98 bits per heavy atom. The Morgan fingerprint density at radius 2 is 1.36 bits per heavy atom. The molecule has 1 amide bonds. The number of benzene rings is 4. The van der Waals surface area contributed by atoms with Gasteiger partial charge >= 0.3 is 0 Å². The Kier molecular flexibility index (Phi) is 7.98. The minimum atomic E-state index is -0.139. The predicted molar refractivity (Wildman–Crippen MR) is 186 cm³/mol. The highest BCUT2D eigenvalue weighted by Gasteiger charge is 2.40. The van der Waals surface area contributed by atoms with E-state index >= 15 is 0 Å². The van der Waals surface area contributed by atoms with E-state index < -0.39 is 0 Å². The van der Waals surface area contributed by atoms with Crippen molar-refractivity contribution in [2.45, 2.75) is 48.5 Å². The number of anilines is 2. The van der Waals surface area contributed by atoms with E-state index in [-0.39, 0.29) is 5.91 Å². The standard InChI is InChI=1S/C39H38N4O2/c1-8-45-38(42-33-25(4)16-12-17-26(33)5)35(41-32-23(2)14-11-15-24(32)3)37-34-30(22-29-20-9-10-21-31(29)40-34)39(44)43(37)36-27(6)18-13-19-28(36)7/h9-22,41H,8H2,1-7H3/b37-35-,42-38?. The van der Waals surface area contributed by atoms with Gasteiger partial charge in [0.25, 0.3) is 5.91 Å². The van der Waals surface area contributed by atoms with Gasteiger partial charge in [-0.1, -0.05) is 72.8 Å². The van der Waals surface area contributed by atoms with E-state index in [2.05, 4.69) is 31.3 Å². The van der Waals surface area contributed by atoms with Crippen LogP contribution in [0.3, 0.4) is 0 Å². The van der Waals surface area contributed by atoms with E-state index in [1.165, 1.54) is 0 Å². The summed E-state index contributed by atoms with van der Waals surface area (Å²) in [6.45, 7) is 14.6. The first-order chi connectivity index (χ1) is 21.7. The highest BCUT2D eigenvalue weighted by Crippen LogP contribution is 2.43. The van der Waals surface area contributed by atoms with Gasteiger partial charge in [0.2, 0.25) is 5.90 Å². The summed E-state index contributed by atoms with van der Waals surface area (Å²) in [5.74, 6) is 0.249. The number of pyridine rings is 1. The third kappa shape index (κ3) is 5.37. The number of aliphatic imine (C=N–C) groups is 1. The molecular formula is C39H38N4O2. The molecule has 0 saturated carbocycles. The zero-order valence-electron chi connectivity index (χ0n) is 26.9. The molecule has 4 aromatic carbocycles. The van der Waals surface area contributed by atoms with Crippen molar-refractivity contribution in [2.75, 3.05) is 16.8 Å². The van der Waals surface area contributed by atoms with Crippen molar-refractivity contribution in [1.29, 1.82) is 0 Å². The molecule has 6 nitrogen and oxygen atoms in total. The van der Waals surface area contributed by atoms with Gasteiger partial charge < -0.3 is 10.1 Å². The van der Waals surface area contributed by atoms with Crippen LogP contribution in [-0.4, -0.2) is 23.4 Å². The molecule has 1 aliphatic rings. The van der Waals surface area contributed by atoms with E-state index in [0.29, 0.717) is 35.2 Å². The predicted octanol–water partition coefficient (Wildman–Crippen LogP) is 9.29. The number of amides is 1. The summed E-state index contributed by atoms with van der Waals surface area (Å²) in [5, 5.41) is 4.65. The number of ether oxygens (including phenoxy) is 1. The fraction of sp³-hybridized carbons (Fsp3) is 0.205. The lowest BCUT2D eigenvalue weighted by Gasteiger charge is -2.27. The van der Waals surface area contributed by atoms with Gasteiger partial charge in [-0.05, 0) is 94.0 Å². The van der Waals surface area contributed by atoms with Gasteiger partial charge in [0, 0.05) is 11.1 Å². The Morgan fingerprint density at radius 1 is 0.778 bits per heavy atom. The molecule has 6 heteroatoms. The number of carbonyl (C=O) groups excluding carboxylic acids is 1. The third-order valence-corrected chi connectivity index (χ3v) is 8.38. The van der Waals surface area contributed by atoms with E-state index in [9.17, 15) is 4.79 Å². The number of hydrogen-bond acceptors (Lipinski definition) is 5. The molecule has 1 N–H and O–H groups in total. The van der Waals surface area contributed by atoms with E-state index in [0.717, 1.165) is 61.3 Å². The van der Waals surface area contributed by atoms with Crippen LogP contribution in [0, 0.1) is 41.5 Å².